The summed E-state index contributed by atoms with van der Waals surface area (Å²) in [5, 5.41) is 2.66. The van der Waals surface area contributed by atoms with Crippen LogP contribution in [0, 0.1) is 5.92 Å². The summed E-state index contributed by atoms with van der Waals surface area (Å²) < 4.78 is 33.0. The highest BCUT2D eigenvalue weighted by atomic mass is 32.2. The third-order valence-electron chi connectivity index (χ3n) is 3.43. The minimum absolute atomic E-state index is 0.167. The Balaban J connectivity index is 2.69. The van der Waals surface area contributed by atoms with Crippen LogP contribution in [0.4, 0.5) is 10.5 Å². The van der Waals surface area contributed by atoms with Crippen LogP contribution in [0.3, 0.4) is 0 Å². The fourth-order valence-corrected chi connectivity index (χ4v) is 3.67. The van der Waals surface area contributed by atoms with Crippen LogP contribution >= 0.6 is 0 Å². The van der Waals surface area contributed by atoms with Gasteiger partial charge in [0, 0.05) is 18.3 Å². The predicted octanol–water partition coefficient (Wildman–Crippen LogP) is 2.88. The van der Waals surface area contributed by atoms with Crippen LogP contribution in [-0.4, -0.2) is 32.7 Å². The van der Waals surface area contributed by atoms with Crippen molar-refractivity contribution in [2.45, 2.75) is 64.0 Å². The van der Waals surface area contributed by atoms with Crippen LogP contribution in [0.1, 0.15) is 47.5 Å². The predicted molar refractivity (Wildman–Crippen MR) is 103 cm³/mol. The van der Waals surface area contributed by atoms with E-state index in [1.165, 1.54) is 12.1 Å². The minimum Gasteiger partial charge on any atom is -0.444 e. The summed E-state index contributed by atoms with van der Waals surface area (Å²) in [6, 6.07) is 5.76. The first-order valence-electron chi connectivity index (χ1n) is 8.74. The fourth-order valence-electron chi connectivity index (χ4n) is 2.39. The van der Waals surface area contributed by atoms with Crippen LogP contribution in [0.15, 0.2) is 29.2 Å². The normalized spacial score (nSPS) is 13.5. The van der Waals surface area contributed by atoms with Crippen molar-refractivity contribution in [2.24, 2.45) is 5.92 Å². The van der Waals surface area contributed by atoms with Gasteiger partial charge in [-0.1, -0.05) is 13.8 Å². The van der Waals surface area contributed by atoms with E-state index < -0.39 is 21.7 Å². The number of nitrogens with one attached hydrogen (secondary N) is 2. The smallest absolute Gasteiger partial charge is 0.407 e. The van der Waals surface area contributed by atoms with E-state index in [0.717, 1.165) is 0 Å². The van der Waals surface area contributed by atoms with E-state index in [1.807, 2.05) is 13.8 Å². The van der Waals surface area contributed by atoms with Gasteiger partial charge in [-0.25, -0.2) is 17.9 Å². The number of benzene rings is 1. The highest BCUT2D eigenvalue weighted by Crippen LogP contribution is 2.15. The fraction of sp³-hybridized carbons (Fsp3) is 0.611. The number of carbonyl (C=O) groups excluding carboxylic acids is 1. The molecule has 26 heavy (non-hydrogen) atoms. The van der Waals surface area contributed by atoms with E-state index in [4.69, 9.17) is 10.5 Å². The molecule has 7 nitrogen and oxygen atoms in total. The van der Waals surface area contributed by atoms with Gasteiger partial charge in [0.1, 0.15) is 5.60 Å². The molecule has 1 aromatic carbocycles. The molecule has 1 atom stereocenters. The van der Waals surface area contributed by atoms with E-state index in [2.05, 4.69) is 10.0 Å². The molecule has 0 saturated carbocycles. The summed E-state index contributed by atoms with van der Waals surface area (Å²) in [6.07, 6.45) is 0.609. The van der Waals surface area contributed by atoms with Gasteiger partial charge in [-0.05, 0) is 63.8 Å². The maximum absolute atomic E-state index is 12.6. The van der Waals surface area contributed by atoms with Crippen molar-refractivity contribution in [1.29, 1.82) is 0 Å². The molecule has 0 fully saturated rings. The van der Waals surface area contributed by atoms with Crippen molar-refractivity contribution >= 4 is 21.8 Å². The Morgan fingerprint density at radius 3 is 2.27 bits per heavy atom. The topological polar surface area (TPSA) is 111 Å². The monoisotopic (exact) mass is 385 g/mol. The van der Waals surface area contributed by atoms with Gasteiger partial charge >= 0.3 is 6.09 Å². The maximum Gasteiger partial charge on any atom is 0.407 e. The average Bonchev–Trinajstić information content (AvgIpc) is 2.44. The Bertz CT molecular complexity index is 679. The Hall–Kier alpha value is -1.80. The molecule has 0 bridgehead atoms. The van der Waals surface area contributed by atoms with E-state index in [1.54, 1.807) is 32.9 Å². The molecule has 1 amide bonds. The first-order chi connectivity index (χ1) is 11.9. The Morgan fingerprint density at radius 2 is 1.77 bits per heavy atom. The first-order valence-corrected chi connectivity index (χ1v) is 10.2. The first kappa shape index (κ1) is 22.2. The number of amides is 1. The number of sulfonamides is 1. The lowest BCUT2D eigenvalue weighted by Gasteiger charge is -2.22. The van der Waals surface area contributed by atoms with Crippen molar-refractivity contribution in [3.05, 3.63) is 24.3 Å². The largest absolute Gasteiger partial charge is 0.444 e. The van der Waals surface area contributed by atoms with Crippen LogP contribution in [0.25, 0.3) is 0 Å². The summed E-state index contributed by atoms with van der Waals surface area (Å²) in [5.74, 6) is 0.302. The van der Waals surface area contributed by atoms with Crippen molar-refractivity contribution in [3.8, 4) is 0 Å². The van der Waals surface area contributed by atoms with E-state index in [-0.39, 0.29) is 10.9 Å². The molecule has 0 radical (unpaired) electrons. The Kier molecular flexibility index (Phi) is 7.89. The highest BCUT2D eigenvalue weighted by molar-refractivity contribution is 7.89. The number of ether oxygens (including phenoxy) is 1. The van der Waals surface area contributed by atoms with E-state index >= 15 is 0 Å². The number of alkyl carbamates (subject to hydrolysis) is 1. The summed E-state index contributed by atoms with van der Waals surface area (Å²) in [6.45, 7) is 9.72. The molecule has 0 saturated heterocycles. The molecule has 0 aliphatic carbocycles. The van der Waals surface area contributed by atoms with Gasteiger partial charge in [-0.2, -0.15) is 0 Å². The molecule has 1 aromatic rings. The van der Waals surface area contributed by atoms with Gasteiger partial charge < -0.3 is 15.8 Å². The standard InChI is InChI=1S/C18H31N3O4S/c1-13(2)12-15(10-11-20-17(22)25-18(3,4)5)21-26(23,24)16-8-6-14(19)7-9-16/h6-9,13,15,21H,10-12,19H2,1-5H3,(H,20,22). The van der Waals surface area contributed by atoms with Crippen LogP contribution in [0.5, 0.6) is 0 Å². The van der Waals surface area contributed by atoms with Crippen LogP contribution < -0.4 is 15.8 Å². The number of hydrogen-bond acceptors (Lipinski definition) is 5. The lowest BCUT2D eigenvalue weighted by atomic mass is 10.0. The van der Waals surface area contributed by atoms with Crippen molar-refractivity contribution in [3.63, 3.8) is 0 Å². The number of nitrogens with two attached hydrogens (primary N) is 1. The van der Waals surface area contributed by atoms with Gasteiger partial charge in [-0.15, -0.1) is 0 Å². The molecule has 8 heteroatoms. The van der Waals surface area contributed by atoms with Crippen molar-refractivity contribution in [2.75, 3.05) is 12.3 Å². The SMILES string of the molecule is CC(C)CC(CCNC(=O)OC(C)(C)C)NS(=O)(=O)c1ccc(N)cc1. The molecule has 1 rings (SSSR count). The molecule has 0 spiro atoms. The average molecular weight is 386 g/mol. The summed E-state index contributed by atoms with van der Waals surface area (Å²) >= 11 is 0. The number of anilines is 1. The second-order valence-corrected chi connectivity index (χ2v) is 9.45. The molecule has 0 aromatic heterocycles. The van der Waals surface area contributed by atoms with E-state index in [9.17, 15) is 13.2 Å². The molecule has 4 N–H and O–H groups in total. The summed E-state index contributed by atoms with van der Waals surface area (Å²) in [5.41, 5.74) is 5.54. The van der Waals surface area contributed by atoms with Crippen molar-refractivity contribution in [1.82, 2.24) is 10.0 Å². The highest BCUT2D eigenvalue weighted by Gasteiger charge is 2.22. The van der Waals surface area contributed by atoms with E-state index in [0.29, 0.717) is 31.0 Å². The van der Waals surface area contributed by atoms with Crippen LogP contribution in [0.2, 0.25) is 0 Å². The number of carbonyl (C=O) groups is 1. The number of rotatable bonds is 8. The quantitative estimate of drug-likeness (QED) is 0.596. The maximum atomic E-state index is 12.6. The third kappa shape index (κ3) is 8.53. The van der Waals surface area contributed by atoms with Crippen LogP contribution in [-0.2, 0) is 14.8 Å². The zero-order chi connectivity index (χ0) is 20.0. The molecule has 148 valence electrons. The molecular weight excluding hydrogens is 354 g/mol. The second kappa shape index (κ2) is 9.23. The Labute approximate surface area is 156 Å². The van der Waals surface area contributed by atoms with Crippen molar-refractivity contribution < 1.29 is 17.9 Å². The van der Waals surface area contributed by atoms with Gasteiger partial charge in [0.2, 0.25) is 10.0 Å². The number of nitrogen functional groups attached to an aromatic ring is 1. The molecule has 0 aliphatic rings. The molecule has 1 unspecified atom stereocenters. The Morgan fingerprint density at radius 1 is 1.19 bits per heavy atom. The van der Waals surface area contributed by atoms with Gasteiger partial charge in [0.05, 0.1) is 4.90 Å². The van der Waals surface area contributed by atoms with Gasteiger partial charge in [0.25, 0.3) is 0 Å². The van der Waals surface area contributed by atoms with Gasteiger partial charge in [0.15, 0.2) is 0 Å². The summed E-state index contributed by atoms with van der Waals surface area (Å²) in [4.78, 5) is 11.9. The minimum atomic E-state index is -3.65. The van der Waals surface area contributed by atoms with Gasteiger partial charge in [-0.3, -0.25) is 0 Å². The zero-order valence-corrected chi connectivity index (χ0v) is 17.0. The molecule has 0 aliphatic heterocycles. The summed E-state index contributed by atoms with van der Waals surface area (Å²) in [7, 11) is -3.65. The lowest BCUT2D eigenvalue weighted by Crippen LogP contribution is -2.39. The number of hydrogen-bond donors (Lipinski definition) is 3. The lowest BCUT2D eigenvalue weighted by molar-refractivity contribution is 0.0526. The third-order valence-corrected chi connectivity index (χ3v) is 4.97. The second-order valence-electron chi connectivity index (χ2n) is 7.73. The zero-order valence-electron chi connectivity index (χ0n) is 16.2. The molecular formula is C18H31N3O4S. The molecule has 0 heterocycles.